The molecular weight excluding hydrogens is 360 g/mol. The molecule has 0 saturated heterocycles. The number of hydrogen-bond acceptors (Lipinski definition) is 3. The average Bonchev–Trinajstić information content (AvgIpc) is 2.66. The Hall–Kier alpha value is -2.34. The van der Waals surface area contributed by atoms with Crippen LogP contribution in [0.5, 0.6) is 0 Å². The number of anilines is 1. The number of benzene rings is 2. The van der Waals surface area contributed by atoms with Crippen molar-refractivity contribution in [2.24, 2.45) is 11.7 Å². The maximum absolute atomic E-state index is 12.0. The Balaban J connectivity index is 1.87. The van der Waals surface area contributed by atoms with Crippen molar-refractivity contribution in [1.29, 1.82) is 0 Å². The van der Waals surface area contributed by atoms with Gasteiger partial charge in [-0.1, -0.05) is 49.6 Å². The third-order valence-corrected chi connectivity index (χ3v) is 6.36. The highest BCUT2D eigenvalue weighted by Crippen LogP contribution is 2.30. The fraction of sp³-hybridized carbons (Fsp3) is 0.381. The molecule has 1 fully saturated rings. The van der Waals surface area contributed by atoms with Crippen molar-refractivity contribution in [3.05, 3.63) is 48.5 Å². The molecule has 0 atom stereocenters. The normalized spacial score (nSPS) is 15.4. The molecule has 6 heteroatoms. The molecule has 1 saturated carbocycles. The van der Waals surface area contributed by atoms with Crippen LogP contribution in [0.25, 0.3) is 11.1 Å². The van der Waals surface area contributed by atoms with Gasteiger partial charge < -0.3 is 5.73 Å². The highest BCUT2D eigenvalue weighted by Gasteiger charge is 2.21. The number of rotatable bonds is 5. The smallest absolute Gasteiger partial charge is 0.319 e. The SMILES string of the molecule is CS(=O)(=O)c1ccccc1-c1ccc(N(CC2CCCCC2)C(N)=O)cc1. The molecule has 0 unspecified atom stereocenters. The van der Waals surface area contributed by atoms with Gasteiger partial charge in [-0.15, -0.1) is 0 Å². The van der Waals surface area contributed by atoms with E-state index >= 15 is 0 Å². The topological polar surface area (TPSA) is 80.5 Å². The number of nitrogens with zero attached hydrogens (tertiary/aromatic N) is 1. The van der Waals surface area contributed by atoms with E-state index in [9.17, 15) is 13.2 Å². The Morgan fingerprint density at radius 3 is 2.26 bits per heavy atom. The lowest BCUT2D eigenvalue weighted by Gasteiger charge is -2.28. The molecule has 0 aliphatic heterocycles. The zero-order valence-electron chi connectivity index (χ0n) is 15.6. The van der Waals surface area contributed by atoms with E-state index in [4.69, 9.17) is 5.73 Å². The van der Waals surface area contributed by atoms with Crippen LogP contribution >= 0.6 is 0 Å². The maximum Gasteiger partial charge on any atom is 0.319 e. The summed E-state index contributed by atoms with van der Waals surface area (Å²) in [7, 11) is -3.33. The fourth-order valence-electron chi connectivity index (χ4n) is 3.80. The van der Waals surface area contributed by atoms with Crippen LogP contribution in [0.15, 0.2) is 53.4 Å². The van der Waals surface area contributed by atoms with Crippen LogP contribution in [-0.4, -0.2) is 27.2 Å². The zero-order chi connectivity index (χ0) is 19.4. The third kappa shape index (κ3) is 4.69. The van der Waals surface area contributed by atoms with Gasteiger partial charge in [0.2, 0.25) is 0 Å². The second-order valence-corrected chi connectivity index (χ2v) is 9.25. The molecule has 2 amide bonds. The van der Waals surface area contributed by atoms with Gasteiger partial charge in [-0.25, -0.2) is 13.2 Å². The molecule has 3 rings (SSSR count). The first-order valence-electron chi connectivity index (χ1n) is 9.33. The Morgan fingerprint density at radius 2 is 1.67 bits per heavy atom. The standard InChI is InChI=1S/C21H26N2O3S/c1-27(25,26)20-10-6-5-9-19(20)17-11-13-18(14-12-17)23(21(22)24)15-16-7-3-2-4-8-16/h5-6,9-14,16H,2-4,7-8,15H2,1H3,(H2,22,24). The Bertz CT molecular complexity index is 901. The van der Waals surface area contributed by atoms with E-state index in [1.165, 1.54) is 25.5 Å². The third-order valence-electron chi connectivity index (χ3n) is 5.21. The fourth-order valence-corrected chi connectivity index (χ4v) is 4.71. The second kappa shape index (κ2) is 8.13. The molecule has 144 valence electrons. The first-order chi connectivity index (χ1) is 12.9. The summed E-state index contributed by atoms with van der Waals surface area (Å²) in [5, 5.41) is 0. The van der Waals surface area contributed by atoms with Gasteiger partial charge in [0.1, 0.15) is 0 Å². The van der Waals surface area contributed by atoms with Gasteiger partial charge in [0, 0.05) is 24.1 Å². The van der Waals surface area contributed by atoms with Crippen molar-refractivity contribution < 1.29 is 13.2 Å². The summed E-state index contributed by atoms with van der Waals surface area (Å²) in [6.07, 6.45) is 7.14. The molecule has 1 aliphatic carbocycles. The van der Waals surface area contributed by atoms with Gasteiger partial charge in [-0.2, -0.15) is 0 Å². The number of amides is 2. The molecule has 27 heavy (non-hydrogen) atoms. The molecule has 0 heterocycles. The van der Waals surface area contributed by atoms with Crippen molar-refractivity contribution >= 4 is 21.6 Å². The summed E-state index contributed by atoms with van der Waals surface area (Å²) in [6, 6.07) is 13.8. The van der Waals surface area contributed by atoms with Gasteiger partial charge in [-0.3, -0.25) is 4.90 Å². The Kier molecular flexibility index (Phi) is 5.85. The van der Waals surface area contributed by atoms with Crippen LogP contribution in [0.3, 0.4) is 0 Å². The van der Waals surface area contributed by atoms with Crippen LogP contribution in [0.4, 0.5) is 10.5 Å². The quantitative estimate of drug-likeness (QED) is 0.835. The number of nitrogens with two attached hydrogens (primary N) is 1. The number of primary amides is 1. The largest absolute Gasteiger partial charge is 0.351 e. The van der Waals surface area contributed by atoms with Crippen LogP contribution < -0.4 is 10.6 Å². The zero-order valence-corrected chi connectivity index (χ0v) is 16.4. The first-order valence-corrected chi connectivity index (χ1v) is 11.2. The number of sulfone groups is 1. The molecule has 2 N–H and O–H groups in total. The van der Waals surface area contributed by atoms with E-state index in [0.29, 0.717) is 22.9 Å². The van der Waals surface area contributed by atoms with Crippen molar-refractivity contribution in [3.63, 3.8) is 0 Å². The number of hydrogen-bond donors (Lipinski definition) is 1. The van der Waals surface area contributed by atoms with E-state index < -0.39 is 15.9 Å². The Morgan fingerprint density at radius 1 is 1.04 bits per heavy atom. The average molecular weight is 387 g/mol. The molecule has 0 spiro atoms. The van der Waals surface area contributed by atoms with Crippen LogP contribution in [0.2, 0.25) is 0 Å². The van der Waals surface area contributed by atoms with Crippen LogP contribution in [-0.2, 0) is 9.84 Å². The lowest BCUT2D eigenvalue weighted by atomic mass is 9.89. The molecule has 1 aliphatic rings. The second-order valence-electron chi connectivity index (χ2n) is 7.27. The van der Waals surface area contributed by atoms with Gasteiger partial charge in [0.05, 0.1) is 4.90 Å². The van der Waals surface area contributed by atoms with E-state index in [2.05, 4.69) is 0 Å². The minimum atomic E-state index is -3.33. The predicted molar refractivity (Wildman–Crippen MR) is 108 cm³/mol. The molecular formula is C21H26N2O3S. The molecule has 2 aromatic carbocycles. The molecule has 0 aromatic heterocycles. The molecule has 2 aromatic rings. The van der Waals surface area contributed by atoms with Gasteiger partial charge in [0.15, 0.2) is 9.84 Å². The molecule has 5 nitrogen and oxygen atoms in total. The predicted octanol–water partition coefficient (Wildman–Crippen LogP) is 4.22. The lowest BCUT2D eigenvalue weighted by Crippen LogP contribution is -2.39. The summed E-state index contributed by atoms with van der Waals surface area (Å²) in [6.45, 7) is 0.634. The molecule has 0 radical (unpaired) electrons. The van der Waals surface area contributed by atoms with Crippen molar-refractivity contribution in [2.75, 3.05) is 17.7 Å². The van der Waals surface area contributed by atoms with Gasteiger partial charge in [0.25, 0.3) is 0 Å². The number of urea groups is 1. The summed E-state index contributed by atoms with van der Waals surface area (Å²) >= 11 is 0. The summed E-state index contributed by atoms with van der Waals surface area (Å²) < 4.78 is 24.1. The van der Waals surface area contributed by atoms with Crippen LogP contribution in [0.1, 0.15) is 32.1 Å². The van der Waals surface area contributed by atoms with E-state index in [1.54, 1.807) is 23.1 Å². The van der Waals surface area contributed by atoms with Crippen LogP contribution in [0, 0.1) is 5.92 Å². The minimum Gasteiger partial charge on any atom is -0.351 e. The van der Waals surface area contributed by atoms with Gasteiger partial charge >= 0.3 is 6.03 Å². The van der Waals surface area contributed by atoms with Crippen molar-refractivity contribution in [3.8, 4) is 11.1 Å². The minimum absolute atomic E-state index is 0.298. The summed E-state index contributed by atoms with van der Waals surface area (Å²) in [5.74, 6) is 0.483. The Labute approximate surface area is 161 Å². The number of carbonyl (C=O) groups is 1. The van der Waals surface area contributed by atoms with Crippen molar-refractivity contribution in [1.82, 2.24) is 0 Å². The molecule has 0 bridgehead atoms. The monoisotopic (exact) mass is 386 g/mol. The highest BCUT2D eigenvalue weighted by molar-refractivity contribution is 7.90. The maximum atomic E-state index is 12.0. The van der Waals surface area contributed by atoms with Crippen molar-refractivity contribution in [2.45, 2.75) is 37.0 Å². The lowest BCUT2D eigenvalue weighted by molar-refractivity contribution is 0.251. The number of carbonyl (C=O) groups excluding carboxylic acids is 1. The van der Waals surface area contributed by atoms with E-state index in [0.717, 1.165) is 24.1 Å². The van der Waals surface area contributed by atoms with Gasteiger partial charge in [-0.05, 0) is 42.5 Å². The highest BCUT2D eigenvalue weighted by atomic mass is 32.2. The van der Waals surface area contributed by atoms with E-state index in [1.807, 2.05) is 30.3 Å². The van der Waals surface area contributed by atoms with E-state index in [-0.39, 0.29) is 0 Å². The first kappa shape index (κ1) is 19.4. The summed E-state index contributed by atoms with van der Waals surface area (Å²) in [5.41, 5.74) is 7.82. The summed E-state index contributed by atoms with van der Waals surface area (Å²) in [4.78, 5) is 13.9.